The number of nitrogens with zero attached hydrogens (tertiary/aromatic N) is 3. The van der Waals surface area contributed by atoms with Gasteiger partial charge in [-0.05, 0) is 50.8 Å². The van der Waals surface area contributed by atoms with E-state index in [9.17, 15) is 19.5 Å². The zero-order valence-electron chi connectivity index (χ0n) is 24.5. The molecule has 1 spiro atoms. The molecule has 2 aromatic rings. The molecule has 3 aliphatic heterocycles. The zero-order chi connectivity index (χ0) is 30.0. The second kappa shape index (κ2) is 12.2. The van der Waals surface area contributed by atoms with Gasteiger partial charge >= 0.3 is 0 Å². The molecule has 222 valence electrons. The third-order valence-corrected chi connectivity index (χ3v) is 9.05. The molecule has 3 heterocycles. The smallest absolute Gasteiger partial charge is 0.248 e. The lowest BCUT2D eigenvalue weighted by Gasteiger charge is -2.40. The third-order valence-electron chi connectivity index (χ3n) is 9.05. The maximum atomic E-state index is 14.6. The van der Waals surface area contributed by atoms with Crippen molar-refractivity contribution in [2.24, 2.45) is 11.8 Å². The Balaban J connectivity index is 1.59. The number of rotatable bonds is 12. The van der Waals surface area contributed by atoms with Crippen molar-refractivity contribution in [1.82, 2.24) is 9.80 Å². The van der Waals surface area contributed by atoms with Gasteiger partial charge in [0.1, 0.15) is 11.6 Å². The number of carbonyl (C=O) groups is 3. The summed E-state index contributed by atoms with van der Waals surface area (Å²) >= 11 is 0. The van der Waals surface area contributed by atoms with Crippen LogP contribution in [0, 0.1) is 11.8 Å². The van der Waals surface area contributed by atoms with E-state index in [-0.39, 0.29) is 36.9 Å². The van der Waals surface area contributed by atoms with Crippen LogP contribution in [-0.2, 0) is 25.5 Å². The average molecular weight is 572 g/mol. The lowest BCUT2D eigenvalue weighted by molar-refractivity contribution is -0.152. The molecule has 0 aliphatic carbocycles. The fourth-order valence-electron chi connectivity index (χ4n) is 7.27. The number of carbonyl (C=O) groups excluding carboxylic acids is 3. The van der Waals surface area contributed by atoms with Crippen LogP contribution in [0.3, 0.4) is 0 Å². The predicted molar refractivity (Wildman–Crippen MR) is 162 cm³/mol. The highest BCUT2D eigenvalue weighted by Crippen LogP contribution is 2.59. The molecule has 0 aromatic heterocycles. The lowest BCUT2D eigenvalue weighted by atomic mass is 9.70. The molecule has 1 N–H and O–H groups in total. The highest BCUT2D eigenvalue weighted by Gasteiger charge is 2.75. The number of likely N-dealkylation sites (tertiary alicyclic amines) is 1. The molecule has 5 rings (SSSR count). The van der Waals surface area contributed by atoms with E-state index in [4.69, 9.17) is 4.74 Å². The summed E-state index contributed by atoms with van der Waals surface area (Å²) < 4.78 is 6.68. The van der Waals surface area contributed by atoms with E-state index < -0.39 is 35.6 Å². The minimum atomic E-state index is -1.16. The minimum absolute atomic E-state index is 0.151. The van der Waals surface area contributed by atoms with Crippen LogP contribution < -0.4 is 4.90 Å². The molecule has 3 aliphatic rings. The Bertz CT molecular complexity index is 1310. The number of fused-ring (bicyclic) bond motifs is 1. The first-order chi connectivity index (χ1) is 20.3. The fraction of sp³-hybridized carbons (Fsp3) is 0.441. The number of aliphatic hydroxyl groups is 1. The van der Waals surface area contributed by atoms with Crippen LogP contribution in [0.1, 0.15) is 32.3 Å². The van der Waals surface area contributed by atoms with Crippen LogP contribution in [-0.4, -0.2) is 82.2 Å². The van der Waals surface area contributed by atoms with Gasteiger partial charge in [-0.25, -0.2) is 0 Å². The molecule has 0 saturated carbocycles. The van der Waals surface area contributed by atoms with Crippen LogP contribution in [0.25, 0.3) is 0 Å². The first kappa shape index (κ1) is 29.7. The van der Waals surface area contributed by atoms with Gasteiger partial charge in [0.2, 0.25) is 17.7 Å². The van der Waals surface area contributed by atoms with Crippen molar-refractivity contribution >= 4 is 23.4 Å². The number of amides is 3. The van der Waals surface area contributed by atoms with Gasteiger partial charge in [0.05, 0.1) is 30.6 Å². The van der Waals surface area contributed by atoms with Crippen LogP contribution in [0.15, 0.2) is 86.0 Å². The second-order valence-corrected chi connectivity index (χ2v) is 11.8. The summed E-state index contributed by atoms with van der Waals surface area (Å²) in [5.41, 5.74) is 0.494. The van der Waals surface area contributed by atoms with Gasteiger partial charge in [-0.2, -0.15) is 0 Å². The summed E-state index contributed by atoms with van der Waals surface area (Å²) in [6.07, 6.45) is 4.29. The van der Waals surface area contributed by atoms with Crippen LogP contribution >= 0.6 is 0 Å². The first-order valence-electron chi connectivity index (χ1n) is 14.8. The van der Waals surface area contributed by atoms with Gasteiger partial charge in [0.15, 0.2) is 0 Å². The minimum Gasteiger partial charge on any atom is -0.394 e. The molecule has 3 amide bonds. The van der Waals surface area contributed by atoms with Crippen LogP contribution in [0.5, 0.6) is 0 Å². The molecule has 2 aromatic carbocycles. The topological polar surface area (TPSA) is 90.4 Å². The molecular weight excluding hydrogens is 530 g/mol. The highest BCUT2D eigenvalue weighted by molar-refractivity contribution is 6.03. The quantitative estimate of drug-likeness (QED) is 0.393. The lowest BCUT2D eigenvalue weighted by Crippen LogP contribution is -2.60. The van der Waals surface area contributed by atoms with Crippen molar-refractivity contribution < 1.29 is 24.2 Å². The van der Waals surface area contributed by atoms with E-state index in [1.165, 1.54) is 0 Å². The van der Waals surface area contributed by atoms with Gasteiger partial charge in [-0.15, -0.1) is 13.2 Å². The molecule has 0 radical (unpaired) electrons. The van der Waals surface area contributed by atoms with E-state index >= 15 is 0 Å². The molecule has 3 fully saturated rings. The Hall–Kier alpha value is -3.75. The molecule has 42 heavy (non-hydrogen) atoms. The van der Waals surface area contributed by atoms with E-state index in [1.54, 1.807) is 26.9 Å². The SMILES string of the molecule is C=CCN(C(=O)[C@@H]1[C@H]2C(=O)N([C@@H](CO)Cc3ccccc3)C(C(=O)N(CC=C)C(C)C)C23CC[C@H]1O3)c1ccccc1. The first-order valence-corrected chi connectivity index (χ1v) is 14.8. The highest BCUT2D eigenvalue weighted by atomic mass is 16.5. The number of para-hydroxylation sites is 1. The van der Waals surface area contributed by atoms with Crippen molar-refractivity contribution in [3.63, 3.8) is 0 Å². The van der Waals surface area contributed by atoms with Crippen molar-refractivity contribution in [2.45, 2.75) is 62.9 Å². The number of hydrogen-bond acceptors (Lipinski definition) is 5. The standard InChI is InChI=1S/C34H41N3O5/c1-5-19-35(23(3)4)33(41)30-34-18-17-27(42-34)28(31(39)36(20-6-2)25-15-11-8-12-16-25)29(34)32(40)37(30)26(22-38)21-24-13-9-7-10-14-24/h5-16,23,26-30,38H,1-2,17-22H2,3-4H3/t26-,27-,28+,29+,30?,34?/m1/s1. The zero-order valence-corrected chi connectivity index (χ0v) is 24.5. The van der Waals surface area contributed by atoms with Gasteiger partial charge in [0.25, 0.3) is 0 Å². The number of hydrogen-bond donors (Lipinski definition) is 1. The van der Waals surface area contributed by atoms with Crippen molar-refractivity contribution in [2.75, 3.05) is 24.6 Å². The number of benzene rings is 2. The summed E-state index contributed by atoms with van der Waals surface area (Å²) in [5, 5.41) is 10.7. The monoisotopic (exact) mass is 571 g/mol. The molecule has 6 atom stereocenters. The second-order valence-electron chi connectivity index (χ2n) is 11.8. The molecule has 2 bridgehead atoms. The Morgan fingerprint density at radius 3 is 2.29 bits per heavy atom. The van der Waals surface area contributed by atoms with E-state index in [0.29, 0.717) is 31.5 Å². The van der Waals surface area contributed by atoms with Gasteiger partial charge in [-0.1, -0.05) is 60.7 Å². The Labute approximate surface area is 248 Å². The molecular formula is C34H41N3O5. The fourth-order valence-corrected chi connectivity index (χ4v) is 7.27. The van der Waals surface area contributed by atoms with Crippen LogP contribution in [0.2, 0.25) is 0 Å². The molecule has 8 nitrogen and oxygen atoms in total. The Morgan fingerprint density at radius 2 is 1.69 bits per heavy atom. The normalized spacial score (nSPS) is 26.7. The maximum absolute atomic E-state index is 14.6. The van der Waals surface area contributed by atoms with E-state index in [0.717, 1.165) is 5.56 Å². The van der Waals surface area contributed by atoms with E-state index in [2.05, 4.69) is 13.2 Å². The van der Waals surface area contributed by atoms with Crippen molar-refractivity contribution in [1.29, 1.82) is 0 Å². The van der Waals surface area contributed by atoms with E-state index in [1.807, 2.05) is 74.5 Å². The maximum Gasteiger partial charge on any atom is 0.248 e. The summed E-state index contributed by atoms with van der Waals surface area (Å²) in [5.74, 6) is -2.36. The Kier molecular flexibility index (Phi) is 8.66. The summed E-state index contributed by atoms with van der Waals surface area (Å²) in [4.78, 5) is 48.3. The summed E-state index contributed by atoms with van der Waals surface area (Å²) in [6, 6.07) is 17.2. The van der Waals surface area contributed by atoms with Crippen LogP contribution in [0.4, 0.5) is 5.69 Å². The largest absolute Gasteiger partial charge is 0.394 e. The number of anilines is 1. The third kappa shape index (κ3) is 4.96. The predicted octanol–water partition coefficient (Wildman–Crippen LogP) is 3.61. The Morgan fingerprint density at radius 1 is 1.05 bits per heavy atom. The molecule has 3 saturated heterocycles. The van der Waals surface area contributed by atoms with Crippen molar-refractivity contribution in [3.8, 4) is 0 Å². The molecule has 8 heteroatoms. The van der Waals surface area contributed by atoms with Gasteiger partial charge in [0, 0.05) is 24.8 Å². The summed E-state index contributed by atoms with van der Waals surface area (Å²) in [6.45, 7) is 11.8. The van der Waals surface area contributed by atoms with Gasteiger partial charge in [-0.3, -0.25) is 14.4 Å². The molecule has 2 unspecified atom stereocenters. The average Bonchev–Trinajstić information content (AvgIpc) is 3.65. The van der Waals surface area contributed by atoms with Gasteiger partial charge < -0.3 is 24.5 Å². The van der Waals surface area contributed by atoms with Crippen molar-refractivity contribution in [3.05, 3.63) is 91.5 Å². The number of ether oxygens (including phenoxy) is 1. The summed E-state index contributed by atoms with van der Waals surface area (Å²) in [7, 11) is 0. The number of aliphatic hydroxyl groups excluding tert-OH is 1.